The average Bonchev–Trinajstić information content (AvgIpc) is 3.04. The molecule has 0 aromatic heterocycles. The van der Waals surface area contributed by atoms with Gasteiger partial charge < -0.3 is 4.74 Å². The number of hydrogen-bond donors (Lipinski definition) is 0. The van der Waals surface area contributed by atoms with E-state index in [1.807, 2.05) is 42.5 Å². The summed E-state index contributed by atoms with van der Waals surface area (Å²) in [5.41, 5.74) is 2.62. The van der Waals surface area contributed by atoms with Gasteiger partial charge in [-0.3, -0.25) is 9.69 Å². The van der Waals surface area contributed by atoms with E-state index >= 15 is 0 Å². The number of amidine groups is 1. The number of hydrogen-bond acceptors (Lipinski definition) is 5. The molecule has 2 aliphatic heterocycles. The van der Waals surface area contributed by atoms with Crippen molar-refractivity contribution in [3.8, 4) is 0 Å². The monoisotopic (exact) mass is 518 g/mol. The van der Waals surface area contributed by atoms with Crippen molar-refractivity contribution in [3.05, 3.63) is 80.4 Å². The van der Waals surface area contributed by atoms with Crippen molar-refractivity contribution in [2.24, 2.45) is 4.99 Å². The highest BCUT2D eigenvalue weighted by Crippen LogP contribution is 2.45. The molecule has 2 aliphatic rings. The van der Waals surface area contributed by atoms with E-state index in [0.29, 0.717) is 33.4 Å². The average molecular weight is 520 g/mol. The lowest BCUT2D eigenvalue weighted by molar-refractivity contribution is -0.139. The van der Waals surface area contributed by atoms with Crippen molar-refractivity contribution in [2.45, 2.75) is 31.6 Å². The number of halogens is 2. The minimum atomic E-state index is -0.671. The number of nitrogens with zero attached hydrogens (tertiary/aromatic N) is 2. The first kappa shape index (κ1) is 22.1. The molecule has 160 valence electrons. The van der Waals surface area contributed by atoms with Crippen LogP contribution < -0.4 is 0 Å². The van der Waals surface area contributed by atoms with Crippen LogP contribution in [0.15, 0.2) is 69.3 Å². The Balaban J connectivity index is 1.74. The lowest BCUT2D eigenvalue weighted by Gasteiger charge is -2.33. The Bertz CT molecular complexity index is 1100. The maximum atomic E-state index is 13.5. The number of aliphatic imine (C=N–C) groups is 1. The number of carbonyl (C=O) groups is 2. The third-order valence-corrected chi connectivity index (χ3v) is 7.21. The van der Waals surface area contributed by atoms with Crippen LogP contribution in [0, 0.1) is 0 Å². The number of ether oxygens (including phenoxy) is 1. The van der Waals surface area contributed by atoms with Crippen LogP contribution in [0.4, 0.5) is 0 Å². The summed E-state index contributed by atoms with van der Waals surface area (Å²) in [6.45, 7) is 3.75. The lowest BCUT2D eigenvalue weighted by atomic mass is 9.94. The Morgan fingerprint density at radius 2 is 1.94 bits per heavy atom. The number of rotatable bonds is 5. The van der Waals surface area contributed by atoms with Crippen LogP contribution in [0.1, 0.15) is 31.0 Å². The summed E-state index contributed by atoms with van der Waals surface area (Å²) in [7, 11) is 0. The lowest BCUT2D eigenvalue weighted by Crippen LogP contribution is -2.41. The Kier molecular flexibility index (Phi) is 6.55. The van der Waals surface area contributed by atoms with Crippen molar-refractivity contribution in [3.63, 3.8) is 0 Å². The van der Waals surface area contributed by atoms with Gasteiger partial charge in [0.15, 0.2) is 5.17 Å². The largest absolute Gasteiger partial charge is 0.463 e. The molecule has 2 aromatic carbocycles. The third-order valence-electron chi connectivity index (χ3n) is 5.18. The fourth-order valence-electron chi connectivity index (χ4n) is 3.76. The summed E-state index contributed by atoms with van der Waals surface area (Å²) >= 11 is 11.4. The first-order valence-corrected chi connectivity index (χ1v) is 11.9. The molecule has 1 amide bonds. The molecule has 4 rings (SSSR count). The van der Waals surface area contributed by atoms with Gasteiger partial charge in [-0.25, -0.2) is 9.79 Å². The van der Waals surface area contributed by atoms with E-state index in [1.165, 1.54) is 11.8 Å². The van der Waals surface area contributed by atoms with Gasteiger partial charge >= 0.3 is 5.97 Å². The highest BCUT2D eigenvalue weighted by atomic mass is 79.9. The van der Waals surface area contributed by atoms with Crippen LogP contribution in [0.2, 0.25) is 5.02 Å². The molecule has 0 aliphatic carbocycles. The number of allylic oxidation sites excluding steroid dienone is 1. The zero-order valence-corrected chi connectivity index (χ0v) is 20.1. The normalized spacial score (nSPS) is 20.6. The molecular formula is C23H20BrClN2O3S. The Hall–Kier alpha value is -2.09. The van der Waals surface area contributed by atoms with Gasteiger partial charge in [0, 0.05) is 9.50 Å². The van der Waals surface area contributed by atoms with Gasteiger partial charge in [-0.15, -0.1) is 0 Å². The standard InChI is InChI=1S/C23H20BrClN2O3S/c1-3-30-22(29)19-13(2)26-23-27(20(19)16-6-4-5-7-17(16)25)21(28)18(31-23)12-14-8-10-15(24)11-9-14/h4-11,18,20H,3,12H2,1-2H3. The summed E-state index contributed by atoms with van der Waals surface area (Å²) in [6.07, 6.45) is 0.565. The van der Waals surface area contributed by atoms with E-state index in [-0.39, 0.29) is 17.8 Å². The molecule has 2 heterocycles. The molecule has 2 atom stereocenters. The summed E-state index contributed by atoms with van der Waals surface area (Å²) < 4.78 is 6.29. The van der Waals surface area contributed by atoms with Crippen LogP contribution in [-0.4, -0.2) is 33.8 Å². The summed E-state index contributed by atoms with van der Waals surface area (Å²) in [6, 6.07) is 14.5. The molecule has 2 unspecified atom stereocenters. The number of carbonyl (C=O) groups excluding carboxylic acids is 2. The van der Waals surface area contributed by atoms with E-state index in [1.54, 1.807) is 24.8 Å². The number of amides is 1. The van der Waals surface area contributed by atoms with Gasteiger partial charge in [-0.2, -0.15) is 0 Å². The number of benzene rings is 2. The van der Waals surface area contributed by atoms with Gasteiger partial charge in [-0.1, -0.05) is 69.6 Å². The Labute approximate surface area is 198 Å². The SMILES string of the molecule is CCOC(=O)C1=C(C)N=C2SC(Cc3ccc(Br)cc3)C(=O)N2C1c1ccccc1Cl. The highest BCUT2D eigenvalue weighted by molar-refractivity contribution is 9.10. The van der Waals surface area contributed by atoms with Gasteiger partial charge in [-0.05, 0) is 49.6 Å². The molecular weight excluding hydrogens is 500 g/mol. The zero-order valence-electron chi connectivity index (χ0n) is 17.0. The molecule has 0 saturated carbocycles. The fraction of sp³-hybridized carbons (Fsp3) is 0.261. The van der Waals surface area contributed by atoms with E-state index in [2.05, 4.69) is 20.9 Å². The van der Waals surface area contributed by atoms with Crippen molar-refractivity contribution in [1.29, 1.82) is 0 Å². The molecule has 0 radical (unpaired) electrons. The molecule has 0 bridgehead atoms. The van der Waals surface area contributed by atoms with E-state index in [0.717, 1.165) is 10.0 Å². The minimum Gasteiger partial charge on any atom is -0.463 e. The van der Waals surface area contributed by atoms with Crippen molar-refractivity contribution >= 4 is 56.3 Å². The summed E-state index contributed by atoms with van der Waals surface area (Å²) in [5, 5.41) is 0.736. The summed E-state index contributed by atoms with van der Waals surface area (Å²) in [4.78, 5) is 32.6. The number of thioether (sulfide) groups is 1. The van der Waals surface area contributed by atoms with E-state index in [4.69, 9.17) is 16.3 Å². The van der Waals surface area contributed by atoms with Crippen LogP contribution >= 0.6 is 39.3 Å². The predicted octanol–water partition coefficient (Wildman–Crippen LogP) is 5.54. The number of esters is 1. The molecule has 1 saturated heterocycles. The minimum absolute atomic E-state index is 0.0918. The zero-order chi connectivity index (χ0) is 22.1. The van der Waals surface area contributed by atoms with Gasteiger partial charge in [0.1, 0.15) is 0 Å². The van der Waals surface area contributed by atoms with Crippen molar-refractivity contribution in [2.75, 3.05) is 6.61 Å². The molecule has 0 spiro atoms. The first-order chi connectivity index (χ1) is 14.9. The molecule has 0 N–H and O–H groups in total. The van der Waals surface area contributed by atoms with E-state index < -0.39 is 12.0 Å². The predicted molar refractivity (Wildman–Crippen MR) is 127 cm³/mol. The molecule has 8 heteroatoms. The maximum absolute atomic E-state index is 13.5. The third kappa shape index (κ3) is 4.31. The van der Waals surface area contributed by atoms with Crippen molar-refractivity contribution < 1.29 is 14.3 Å². The second-order valence-corrected chi connectivity index (χ2v) is 9.68. The molecule has 2 aromatic rings. The van der Waals surface area contributed by atoms with E-state index in [9.17, 15) is 9.59 Å². The second-order valence-electron chi connectivity index (χ2n) is 7.18. The molecule has 1 fully saturated rings. The van der Waals surface area contributed by atoms with Crippen LogP contribution in [0.25, 0.3) is 0 Å². The summed E-state index contributed by atoms with van der Waals surface area (Å²) in [5.74, 6) is -0.576. The van der Waals surface area contributed by atoms with Gasteiger partial charge in [0.25, 0.3) is 0 Å². The van der Waals surface area contributed by atoms with Crippen LogP contribution in [0.5, 0.6) is 0 Å². The fourth-order valence-corrected chi connectivity index (χ4v) is 5.50. The maximum Gasteiger partial charge on any atom is 0.338 e. The smallest absolute Gasteiger partial charge is 0.338 e. The first-order valence-electron chi connectivity index (χ1n) is 9.86. The van der Waals surface area contributed by atoms with Gasteiger partial charge in [0.2, 0.25) is 5.91 Å². The molecule has 31 heavy (non-hydrogen) atoms. The van der Waals surface area contributed by atoms with Crippen LogP contribution in [0.3, 0.4) is 0 Å². The van der Waals surface area contributed by atoms with Crippen molar-refractivity contribution in [1.82, 2.24) is 4.90 Å². The molecule has 5 nitrogen and oxygen atoms in total. The Morgan fingerprint density at radius 3 is 2.61 bits per heavy atom. The topological polar surface area (TPSA) is 59.0 Å². The number of fused-ring (bicyclic) bond motifs is 1. The Morgan fingerprint density at radius 1 is 1.23 bits per heavy atom. The van der Waals surface area contributed by atoms with Gasteiger partial charge in [0.05, 0.1) is 29.2 Å². The quantitative estimate of drug-likeness (QED) is 0.487. The second kappa shape index (κ2) is 9.18. The highest BCUT2D eigenvalue weighted by Gasteiger charge is 2.48. The van der Waals surface area contributed by atoms with Crippen LogP contribution in [-0.2, 0) is 20.7 Å².